The Kier molecular flexibility index (Phi) is 5.49. The number of hydrogen-bond donors (Lipinski definition) is 2. The zero-order valence-electron chi connectivity index (χ0n) is 15.3. The summed E-state index contributed by atoms with van der Waals surface area (Å²) in [6.07, 6.45) is 2.45. The van der Waals surface area contributed by atoms with Crippen molar-refractivity contribution in [3.8, 4) is 5.75 Å². The van der Waals surface area contributed by atoms with E-state index >= 15 is 0 Å². The zero-order chi connectivity index (χ0) is 20.3. The van der Waals surface area contributed by atoms with Crippen LogP contribution in [0.1, 0.15) is 12.5 Å². The van der Waals surface area contributed by atoms with Gasteiger partial charge in [-0.3, -0.25) is 4.79 Å². The number of carbonyl (C=O) groups is 1. The summed E-state index contributed by atoms with van der Waals surface area (Å²) in [4.78, 5) is 20.1. The Bertz CT molecular complexity index is 1070. The van der Waals surface area contributed by atoms with E-state index in [9.17, 15) is 13.6 Å². The van der Waals surface area contributed by atoms with Crippen LogP contribution in [0.25, 0.3) is 10.9 Å². The SMILES string of the molecule is C=CC(=O)Nc1cc2c(Nc3ccc(F)c(C)c3F)ncnc2cc1OCC. The largest absolute Gasteiger partial charge is 0.492 e. The maximum Gasteiger partial charge on any atom is 0.247 e. The molecule has 8 heteroatoms. The number of hydrogen-bond acceptors (Lipinski definition) is 5. The Morgan fingerprint density at radius 2 is 2.04 bits per heavy atom. The van der Waals surface area contributed by atoms with Crippen molar-refractivity contribution in [3.05, 3.63) is 60.4 Å². The first-order valence-electron chi connectivity index (χ1n) is 8.51. The summed E-state index contributed by atoms with van der Waals surface area (Å²) in [6, 6.07) is 5.74. The average Bonchev–Trinajstić information content (AvgIpc) is 2.69. The monoisotopic (exact) mass is 384 g/mol. The van der Waals surface area contributed by atoms with Crippen molar-refractivity contribution in [1.82, 2.24) is 9.97 Å². The number of carbonyl (C=O) groups excluding carboxylic acids is 1. The normalized spacial score (nSPS) is 10.6. The maximum atomic E-state index is 14.4. The van der Waals surface area contributed by atoms with E-state index in [1.807, 2.05) is 6.92 Å². The highest BCUT2D eigenvalue weighted by atomic mass is 19.1. The van der Waals surface area contributed by atoms with Crippen LogP contribution in [0, 0.1) is 18.6 Å². The molecular formula is C20H18F2N4O2. The molecule has 0 aliphatic heterocycles. The van der Waals surface area contributed by atoms with E-state index in [-0.39, 0.29) is 11.3 Å². The first kappa shape index (κ1) is 19.2. The molecule has 0 aliphatic carbocycles. The molecule has 1 heterocycles. The fraction of sp³-hybridized carbons (Fsp3) is 0.150. The summed E-state index contributed by atoms with van der Waals surface area (Å²) in [5.41, 5.74) is 0.898. The number of fused-ring (bicyclic) bond motifs is 1. The number of amides is 1. The second-order valence-corrected chi connectivity index (χ2v) is 5.87. The molecule has 2 aromatic carbocycles. The highest BCUT2D eigenvalue weighted by molar-refractivity contribution is 6.03. The minimum atomic E-state index is -0.710. The lowest BCUT2D eigenvalue weighted by Gasteiger charge is -2.14. The zero-order valence-corrected chi connectivity index (χ0v) is 15.3. The summed E-state index contributed by atoms with van der Waals surface area (Å²) in [6.45, 7) is 6.99. The van der Waals surface area contributed by atoms with Crippen molar-refractivity contribution in [3.63, 3.8) is 0 Å². The van der Waals surface area contributed by atoms with Crippen LogP contribution in [-0.2, 0) is 4.79 Å². The quantitative estimate of drug-likeness (QED) is 0.613. The topological polar surface area (TPSA) is 76.1 Å². The van der Waals surface area contributed by atoms with Gasteiger partial charge in [-0.2, -0.15) is 0 Å². The van der Waals surface area contributed by atoms with Crippen molar-refractivity contribution in [2.45, 2.75) is 13.8 Å². The molecule has 0 unspecified atom stereocenters. The van der Waals surface area contributed by atoms with Crippen LogP contribution in [0.5, 0.6) is 5.75 Å². The smallest absolute Gasteiger partial charge is 0.247 e. The van der Waals surface area contributed by atoms with Crippen LogP contribution >= 0.6 is 0 Å². The van der Waals surface area contributed by atoms with E-state index in [0.717, 1.165) is 6.08 Å². The molecule has 144 valence electrons. The summed E-state index contributed by atoms with van der Waals surface area (Å²) in [5.74, 6) is -1.03. The minimum Gasteiger partial charge on any atom is -0.492 e. The summed E-state index contributed by atoms with van der Waals surface area (Å²) in [5, 5.41) is 6.05. The van der Waals surface area contributed by atoms with Gasteiger partial charge in [-0.05, 0) is 38.1 Å². The molecule has 1 aromatic heterocycles. The summed E-state index contributed by atoms with van der Waals surface area (Å²) < 4.78 is 33.5. The predicted molar refractivity (Wildman–Crippen MR) is 104 cm³/mol. The van der Waals surface area contributed by atoms with Gasteiger partial charge < -0.3 is 15.4 Å². The fourth-order valence-corrected chi connectivity index (χ4v) is 2.63. The van der Waals surface area contributed by atoms with Crippen LogP contribution in [-0.4, -0.2) is 22.5 Å². The van der Waals surface area contributed by atoms with Gasteiger partial charge in [0.15, 0.2) is 5.82 Å². The van der Waals surface area contributed by atoms with E-state index in [0.29, 0.717) is 34.8 Å². The molecule has 2 N–H and O–H groups in total. The first-order valence-corrected chi connectivity index (χ1v) is 8.51. The van der Waals surface area contributed by atoms with Gasteiger partial charge in [0.05, 0.1) is 23.5 Å². The fourth-order valence-electron chi connectivity index (χ4n) is 2.63. The number of benzene rings is 2. The molecule has 6 nitrogen and oxygen atoms in total. The summed E-state index contributed by atoms with van der Waals surface area (Å²) >= 11 is 0. The lowest BCUT2D eigenvalue weighted by molar-refractivity contribution is -0.111. The molecule has 0 saturated heterocycles. The molecule has 0 fully saturated rings. The van der Waals surface area contributed by atoms with Crippen molar-refractivity contribution >= 4 is 34.0 Å². The molecule has 28 heavy (non-hydrogen) atoms. The molecule has 0 atom stereocenters. The highest BCUT2D eigenvalue weighted by Gasteiger charge is 2.15. The molecule has 3 aromatic rings. The maximum absolute atomic E-state index is 14.4. The second-order valence-electron chi connectivity index (χ2n) is 5.87. The van der Waals surface area contributed by atoms with E-state index in [1.165, 1.54) is 25.4 Å². The van der Waals surface area contributed by atoms with E-state index < -0.39 is 17.5 Å². The third-order valence-electron chi connectivity index (χ3n) is 4.05. The molecule has 0 radical (unpaired) electrons. The number of ether oxygens (including phenoxy) is 1. The predicted octanol–water partition coefficient (Wildman–Crippen LogP) is 4.48. The third kappa shape index (κ3) is 3.75. The van der Waals surface area contributed by atoms with Gasteiger partial charge in [0.1, 0.15) is 23.7 Å². The van der Waals surface area contributed by atoms with Crippen molar-refractivity contribution in [2.24, 2.45) is 0 Å². The van der Waals surface area contributed by atoms with Crippen LogP contribution in [0.15, 0.2) is 43.2 Å². The average molecular weight is 384 g/mol. The summed E-state index contributed by atoms with van der Waals surface area (Å²) in [7, 11) is 0. The van der Waals surface area contributed by atoms with E-state index in [1.54, 1.807) is 12.1 Å². The van der Waals surface area contributed by atoms with Crippen molar-refractivity contribution in [1.29, 1.82) is 0 Å². The Labute approximate surface area is 160 Å². The van der Waals surface area contributed by atoms with Crippen molar-refractivity contribution < 1.29 is 18.3 Å². The Hall–Kier alpha value is -3.55. The van der Waals surface area contributed by atoms with E-state index in [4.69, 9.17) is 4.74 Å². The lowest BCUT2D eigenvalue weighted by Crippen LogP contribution is -2.09. The Balaban J connectivity index is 2.10. The van der Waals surface area contributed by atoms with Gasteiger partial charge in [-0.15, -0.1) is 0 Å². The van der Waals surface area contributed by atoms with Crippen molar-refractivity contribution in [2.75, 3.05) is 17.2 Å². The number of rotatable bonds is 6. The van der Waals surface area contributed by atoms with Gasteiger partial charge in [0, 0.05) is 17.0 Å². The molecule has 0 saturated carbocycles. The van der Waals surface area contributed by atoms with Crippen LogP contribution in [0.4, 0.5) is 26.0 Å². The number of aromatic nitrogens is 2. The molecule has 3 rings (SSSR count). The molecule has 0 aliphatic rings. The molecule has 0 bridgehead atoms. The van der Waals surface area contributed by atoms with Gasteiger partial charge in [0.25, 0.3) is 0 Å². The Morgan fingerprint density at radius 3 is 2.75 bits per heavy atom. The first-order chi connectivity index (χ1) is 13.4. The number of nitrogens with one attached hydrogen (secondary N) is 2. The van der Waals surface area contributed by atoms with Gasteiger partial charge in [0.2, 0.25) is 5.91 Å². The number of halogens is 2. The number of nitrogens with zero attached hydrogens (tertiary/aromatic N) is 2. The highest BCUT2D eigenvalue weighted by Crippen LogP contribution is 2.34. The minimum absolute atomic E-state index is 0.0736. The van der Waals surface area contributed by atoms with Gasteiger partial charge in [-0.25, -0.2) is 18.7 Å². The Morgan fingerprint density at radius 1 is 1.25 bits per heavy atom. The number of anilines is 3. The van der Waals surface area contributed by atoms with E-state index in [2.05, 4.69) is 27.2 Å². The van der Waals surface area contributed by atoms with Gasteiger partial charge >= 0.3 is 0 Å². The van der Waals surface area contributed by atoms with Crippen LogP contribution in [0.2, 0.25) is 0 Å². The van der Waals surface area contributed by atoms with Gasteiger partial charge in [-0.1, -0.05) is 6.58 Å². The molecule has 1 amide bonds. The molecule has 0 spiro atoms. The lowest BCUT2D eigenvalue weighted by atomic mass is 10.1. The molecular weight excluding hydrogens is 366 g/mol. The van der Waals surface area contributed by atoms with Crippen LogP contribution < -0.4 is 15.4 Å². The third-order valence-corrected chi connectivity index (χ3v) is 4.05. The standard InChI is InChI=1S/C20H18F2N4O2/c1-4-18(27)25-16-8-12-15(9-17(16)28-5-2)23-10-24-20(12)26-14-7-6-13(21)11(3)19(14)22/h4,6-10H,1,5H2,2-3H3,(H,25,27)(H,23,24,26). The second kappa shape index (κ2) is 7.99. The van der Waals surface area contributed by atoms with Crippen LogP contribution in [0.3, 0.4) is 0 Å².